The zero-order chi connectivity index (χ0) is 28.4. The Kier molecular flexibility index (Phi) is 8.02. The molecule has 2 fully saturated rings. The van der Waals surface area contributed by atoms with E-state index < -0.39 is 30.1 Å². The standard InChI is InChI=1S/C28H29ClN6O5/c29-26-20-6-8-35(28(20)33-15-32-26)21-12-19(24(38)25(21)39)14-34(23(37)11-17-10-22(36)31-13-17)7-2-4-16-3-1-5-18(9-16)27(30)40/h1,3,5-6,8-9,15,17,19,21,24-25,38-39H,7,10-14H2,(H2,30,40)(H,31,36)/t17?,19-,21-,24-,25+/m1/s1. The Morgan fingerprint density at radius 1 is 1.23 bits per heavy atom. The molecule has 208 valence electrons. The molecule has 40 heavy (non-hydrogen) atoms. The van der Waals surface area contributed by atoms with Crippen LogP contribution in [-0.2, 0) is 9.59 Å². The van der Waals surface area contributed by atoms with Gasteiger partial charge in [-0.05, 0) is 36.6 Å². The van der Waals surface area contributed by atoms with Crippen LogP contribution in [0.1, 0.15) is 41.2 Å². The number of halogens is 1. The van der Waals surface area contributed by atoms with Gasteiger partial charge in [0, 0.05) is 49.2 Å². The highest BCUT2D eigenvalue weighted by atomic mass is 35.5. The molecule has 2 aromatic heterocycles. The quantitative estimate of drug-likeness (QED) is 0.244. The number of carbonyl (C=O) groups is 3. The Hall–Kier alpha value is -3.98. The van der Waals surface area contributed by atoms with Crippen molar-refractivity contribution in [1.82, 2.24) is 24.8 Å². The summed E-state index contributed by atoms with van der Waals surface area (Å²) in [7, 11) is 0. The summed E-state index contributed by atoms with van der Waals surface area (Å²) in [5.41, 5.74) is 6.81. The lowest BCUT2D eigenvalue weighted by molar-refractivity contribution is -0.132. The summed E-state index contributed by atoms with van der Waals surface area (Å²) in [6, 6.07) is 7.86. The molecule has 5 N–H and O–H groups in total. The summed E-state index contributed by atoms with van der Waals surface area (Å²) in [6.45, 7) is 0.654. The number of aliphatic hydroxyl groups excluding tert-OH is 2. The number of hydrogen-bond donors (Lipinski definition) is 4. The van der Waals surface area contributed by atoms with Gasteiger partial charge < -0.3 is 30.7 Å². The average Bonchev–Trinajstić information content (AvgIpc) is 3.62. The lowest BCUT2D eigenvalue weighted by Gasteiger charge is -2.26. The maximum absolute atomic E-state index is 13.4. The Balaban J connectivity index is 1.35. The molecular formula is C28H29ClN6O5. The third-order valence-electron chi connectivity index (χ3n) is 7.57. The Bertz CT molecular complexity index is 1510. The molecule has 1 saturated carbocycles. The Morgan fingerprint density at radius 2 is 2.05 bits per heavy atom. The molecule has 1 saturated heterocycles. The molecule has 3 heterocycles. The number of nitrogens with zero attached hydrogens (tertiary/aromatic N) is 4. The first-order valence-corrected chi connectivity index (χ1v) is 13.4. The van der Waals surface area contributed by atoms with Gasteiger partial charge in [0.15, 0.2) is 0 Å². The maximum atomic E-state index is 13.4. The monoisotopic (exact) mass is 564 g/mol. The van der Waals surface area contributed by atoms with E-state index in [1.54, 1.807) is 46.0 Å². The Labute approximate surface area is 235 Å². The van der Waals surface area contributed by atoms with E-state index in [4.69, 9.17) is 17.3 Å². The number of rotatable bonds is 7. The zero-order valence-electron chi connectivity index (χ0n) is 21.5. The van der Waals surface area contributed by atoms with Crippen molar-refractivity contribution in [2.45, 2.75) is 37.5 Å². The second-order valence-corrected chi connectivity index (χ2v) is 10.6. The van der Waals surface area contributed by atoms with E-state index in [1.165, 1.54) is 6.33 Å². The average molecular weight is 565 g/mol. The van der Waals surface area contributed by atoms with Crippen LogP contribution in [0.15, 0.2) is 42.9 Å². The van der Waals surface area contributed by atoms with Crippen LogP contribution in [0, 0.1) is 23.7 Å². The fourth-order valence-electron chi connectivity index (χ4n) is 5.47. The van der Waals surface area contributed by atoms with Gasteiger partial charge in [0.25, 0.3) is 0 Å². The summed E-state index contributed by atoms with van der Waals surface area (Å²) in [5.74, 6) is 4.55. The number of benzene rings is 1. The molecule has 3 amide bonds. The van der Waals surface area contributed by atoms with E-state index in [1.807, 2.05) is 0 Å². The summed E-state index contributed by atoms with van der Waals surface area (Å²) >= 11 is 6.19. The van der Waals surface area contributed by atoms with Gasteiger partial charge in [0.2, 0.25) is 17.7 Å². The van der Waals surface area contributed by atoms with Gasteiger partial charge in [-0.2, -0.15) is 0 Å². The van der Waals surface area contributed by atoms with Gasteiger partial charge in [-0.25, -0.2) is 9.97 Å². The summed E-state index contributed by atoms with van der Waals surface area (Å²) in [5, 5.41) is 25.7. The minimum Gasteiger partial charge on any atom is -0.390 e. The van der Waals surface area contributed by atoms with Crippen LogP contribution >= 0.6 is 11.6 Å². The molecule has 1 aliphatic carbocycles. The number of nitrogens with two attached hydrogens (primary N) is 1. The minimum absolute atomic E-state index is 0.0625. The van der Waals surface area contributed by atoms with Crippen molar-refractivity contribution in [3.8, 4) is 11.8 Å². The fraction of sp³-hybridized carbons (Fsp3) is 0.393. The van der Waals surface area contributed by atoms with Gasteiger partial charge in [-0.1, -0.05) is 29.5 Å². The van der Waals surface area contributed by atoms with E-state index in [9.17, 15) is 24.6 Å². The van der Waals surface area contributed by atoms with E-state index in [-0.39, 0.29) is 43.7 Å². The second kappa shape index (κ2) is 11.6. The largest absolute Gasteiger partial charge is 0.390 e. The first-order valence-electron chi connectivity index (χ1n) is 13.0. The summed E-state index contributed by atoms with van der Waals surface area (Å²) in [6.07, 6.45) is 1.74. The highest BCUT2D eigenvalue weighted by molar-refractivity contribution is 6.33. The third-order valence-corrected chi connectivity index (χ3v) is 7.87. The van der Waals surface area contributed by atoms with Crippen LogP contribution in [0.25, 0.3) is 11.0 Å². The van der Waals surface area contributed by atoms with Crippen molar-refractivity contribution in [1.29, 1.82) is 0 Å². The van der Waals surface area contributed by atoms with E-state index in [2.05, 4.69) is 27.1 Å². The molecule has 1 aliphatic heterocycles. The summed E-state index contributed by atoms with van der Waals surface area (Å²) in [4.78, 5) is 46.4. The van der Waals surface area contributed by atoms with E-state index in [0.717, 1.165) is 0 Å². The maximum Gasteiger partial charge on any atom is 0.248 e. The van der Waals surface area contributed by atoms with Gasteiger partial charge in [0.1, 0.15) is 23.2 Å². The molecule has 3 aromatic rings. The number of hydrogen-bond acceptors (Lipinski definition) is 7. The number of aliphatic hydroxyl groups is 2. The van der Waals surface area contributed by atoms with Crippen LogP contribution in [-0.4, -0.2) is 79.2 Å². The molecule has 1 aromatic carbocycles. The zero-order valence-corrected chi connectivity index (χ0v) is 22.3. The van der Waals surface area contributed by atoms with Crippen LogP contribution in [0.4, 0.5) is 0 Å². The molecule has 5 atom stereocenters. The topological polar surface area (TPSA) is 164 Å². The Morgan fingerprint density at radius 3 is 2.80 bits per heavy atom. The van der Waals surface area contributed by atoms with Crippen molar-refractivity contribution in [2.75, 3.05) is 19.6 Å². The molecule has 2 aliphatic rings. The SMILES string of the molecule is NC(=O)c1cccc(C#CCN(C[C@H]2C[C@@H](n3ccc4c(Cl)ncnc43)[C@H](O)[C@@H]2O)C(=O)CC2CNC(=O)C2)c1. The minimum atomic E-state index is -1.09. The fourth-order valence-corrected chi connectivity index (χ4v) is 5.66. The van der Waals surface area contributed by atoms with Crippen LogP contribution < -0.4 is 11.1 Å². The number of amides is 3. The smallest absolute Gasteiger partial charge is 0.248 e. The van der Waals surface area contributed by atoms with Crippen molar-refractivity contribution in [3.05, 3.63) is 59.1 Å². The molecule has 11 nitrogen and oxygen atoms in total. The molecule has 12 heteroatoms. The second-order valence-electron chi connectivity index (χ2n) is 10.3. The number of fused-ring (bicyclic) bond motifs is 1. The number of primary amides is 1. The van der Waals surface area contributed by atoms with Crippen molar-refractivity contribution >= 4 is 40.4 Å². The normalized spacial score (nSPS) is 24.0. The number of aromatic nitrogens is 3. The van der Waals surface area contributed by atoms with Gasteiger partial charge >= 0.3 is 0 Å². The van der Waals surface area contributed by atoms with E-state index >= 15 is 0 Å². The lowest BCUT2D eigenvalue weighted by Crippen LogP contribution is -2.40. The molecule has 0 spiro atoms. The predicted molar refractivity (Wildman–Crippen MR) is 146 cm³/mol. The van der Waals surface area contributed by atoms with Crippen LogP contribution in [0.3, 0.4) is 0 Å². The molecule has 0 bridgehead atoms. The van der Waals surface area contributed by atoms with E-state index in [0.29, 0.717) is 40.3 Å². The molecule has 0 radical (unpaired) electrons. The first kappa shape index (κ1) is 27.6. The van der Waals surface area contributed by atoms with Gasteiger partial charge in [-0.15, -0.1) is 0 Å². The lowest BCUT2D eigenvalue weighted by atomic mass is 10.0. The van der Waals surface area contributed by atoms with Crippen LogP contribution in [0.2, 0.25) is 5.15 Å². The summed E-state index contributed by atoms with van der Waals surface area (Å²) < 4.78 is 1.78. The molecule has 1 unspecified atom stereocenters. The van der Waals surface area contributed by atoms with Crippen molar-refractivity contribution in [2.24, 2.45) is 17.6 Å². The highest BCUT2D eigenvalue weighted by Crippen LogP contribution is 2.38. The third kappa shape index (κ3) is 5.79. The van der Waals surface area contributed by atoms with Crippen molar-refractivity contribution in [3.63, 3.8) is 0 Å². The molecule has 5 rings (SSSR count). The predicted octanol–water partition coefficient (Wildman–Crippen LogP) is 0.873. The number of nitrogens with one attached hydrogen (secondary N) is 1. The van der Waals surface area contributed by atoms with Gasteiger partial charge in [0.05, 0.1) is 24.1 Å². The molecular weight excluding hydrogens is 536 g/mol. The highest BCUT2D eigenvalue weighted by Gasteiger charge is 2.44. The van der Waals surface area contributed by atoms with Crippen molar-refractivity contribution < 1.29 is 24.6 Å². The van der Waals surface area contributed by atoms with Gasteiger partial charge in [-0.3, -0.25) is 14.4 Å². The van der Waals surface area contributed by atoms with Crippen LogP contribution in [0.5, 0.6) is 0 Å². The first-order chi connectivity index (χ1) is 19.2. The number of carbonyl (C=O) groups excluding carboxylic acids is 3.